The summed E-state index contributed by atoms with van der Waals surface area (Å²) in [4.78, 5) is 31.7. The van der Waals surface area contributed by atoms with Crippen LogP contribution in [-0.4, -0.2) is 21.0 Å². The van der Waals surface area contributed by atoms with Gasteiger partial charge >= 0.3 is 0 Å². The van der Waals surface area contributed by atoms with E-state index in [1.165, 1.54) is 6.07 Å². The molecular weight excluding hydrogens is 310 g/mol. The Morgan fingerprint density at radius 1 is 1.25 bits per heavy atom. The molecule has 1 amide bonds. The molecule has 1 atom stereocenters. The number of aromatic nitrogens is 2. The van der Waals surface area contributed by atoms with Crippen LogP contribution in [-0.2, 0) is 4.79 Å². The summed E-state index contributed by atoms with van der Waals surface area (Å²) in [7, 11) is 0. The Morgan fingerprint density at radius 2 is 1.96 bits per heavy atom. The van der Waals surface area contributed by atoms with E-state index in [1.807, 2.05) is 0 Å². The normalized spacial score (nSPS) is 12.2. The number of aromatic hydroxyl groups is 1. The zero-order valence-electron chi connectivity index (χ0n) is 12.9. The van der Waals surface area contributed by atoms with Crippen molar-refractivity contribution in [1.29, 1.82) is 0 Å². The van der Waals surface area contributed by atoms with Gasteiger partial charge in [-0.15, -0.1) is 0 Å². The summed E-state index contributed by atoms with van der Waals surface area (Å²) in [5.74, 6) is -1.44. The van der Waals surface area contributed by atoms with Crippen molar-refractivity contribution in [3.05, 3.63) is 64.0 Å². The summed E-state index contributed by atoms with van der Waals surface area (Å²) in [5.41, 5.74) is 6.73. The minimum absolute atomic E-state index is 0.0158. The Hall–Kier alpha value is -3.22. The van der Waals surface area contributed by atoms with Crippen LogP contribution in [0.1, 0.15) is 29.4 Å². The van der Waals surface area contributed by atoms with Crippen molar-refractivity contribution in [2.45, 2.75) is 19.3 Å². The number of hydrogen-bond donors (Lipinski definition) is 2. The van der Waals surface area contributed by atoms with E-state index >= 15 is 0 Å². The fourth-order valence-corrected chi connectivity index (χ4v) is 2.62. The Bertz CT molecular complexity index is 981. The highest BCUT2D eigenvalue weighted by atomic mass is 16.4. The second-order valence-electron chi connectivity index (χ2n) is 5.46. The quantitative estimate of drug-likeness (QED) is 0.752. The number of benzene rings is 1. The van der Waals surface area contributed by atoms with Crippen molar-refractivity contribution in [3.63, 3.8) is 0 Å². The number of carbonyl (C=O) groups is 1. The molecule has 3 rings (SSSR count). The first-order valence-corrected chi connectivity index (χ1v) is 7.28. The number of nitrogens with zero attached hydrogens (tertiary/aromatic N) is 2. The second kappa shape index (κ2) is 6.11. The van der Waals surface area contributed by atoms with E-state index < -0.39 is 23.0 Å². The predicted octanol–water partition coefficient (Wildman–Crippen LogP) is 1.60. The summed E-state index contributed by atoms with van der Waals surface area (Å²) in [6, 6.07) is 6.41. The third-order valence-electron chi connectivity index (χ3n) is 3.69. The van der Waals surface area contributed by atoms with Gasteiger partial charge in [0.25, 0.3) is 0 Å². The van der Waals surface area contributed by atoms with Gasteiger partial charge < -0.3 is 15.3 Å². The van der Waals surface area contributed by atoms with E-state index in [-0.39, 0.29) is 12.2 Å². The number of rotatable bonds is 4. The number of carbonyl (C=O) groups excluding carboxylic acids is 1. The van der Waals surface area contributed by atoms with Crippen LogP contribution in [0, 0.1) is 6.92 Å². The van der Waals surface area contributed by atoms with Crippen LogP contribution in [0.3, 0.4) is 0 Å². The molecule has 0 saturated carbocycles. The molecule has 122 valence electrons. The molecule has 0 radical (unpaired) electrons. The maximum absolute atomic E-state index is 11.8. The Morgan fingerprint density at radius 3 is 2.67 bits per heavy atom. The summed E-state index contributed by atoms with van der Waals surface area (Å²) in [6.45, 7) is 1.59. The van der Waals surface area contributed by atoms with Gasteiger partial charge in [-0.1, -0.05) is 6.07 Å². The van der Waals surface area contributed by atoms with Gasteiger partial charge in [-0.3, -0.25) is 19.6 Å². The minimum Gasteiger partial charge on any atom is -0.502 e. The van der Waals surface area contributed by atoms with Crippen molar-refractivity contribution in [2.75, 3.05) is 0 Å². The lowest BCUT2D eigenvalue weighted by atomic mass is 9.91. The van der Waals surface area contributed by atoms with Gasteiger partial charge in [0, 0.05) is 24.9 Å². The molecule has 24 heavy (non-hydrogen) atoms. The summed E-state index contributed by atoms with van der Waals surface area (Å²) in [5, 5.41) is 10.1. The van der Waals surface area contributed by atoms with E-state index in [1.54, 1.807) is 37.5 Å². The fraction of sp³-hybridized carbons (Fsp3) is 0.176. The molecule has 1 aromatic carbocycles. The summed E-state index contributed by atoms with van der Waals surface area (Å²) < 4.78 is 5.52. The maximum Gasteiger partial charge on any atom is 0.227 e. The number of nitrogens with two attached hydrogens (primary N) is 1. The summed E-state index contributed by atoms with van der Waals surface area (Å²) >= 11 is 0. The fourth-order valence-electron chi connectivity index (χ4n) is 2.62. The molecule has 7 nitrogen and oxygen atoms in total. The predicted molar refractivity (Wildman–Crippen MR) is 86.6 cm³/mol. The van der Waals surface area contributed by atoms with Crippen molar-refractivity contribution in [2.24, 2.45) is 5.73 Å². The maximum atomic E-state index is 11.8. The molecule has 2 heterocycles. The van der Waals surface area contributed by atoms with Crippen LogP contribution >= 0.6 is 0 Å². The molecule has 3 aromatic rings. The van der Waals surface area contributed by atoms with E-state index in [2.05, 4.69) is 9.97 Å². The molecule has 2 aromatic heterocycles. The molecular formula is C17H15N3O4. The van der Waals surface area contributed by atoms with Crippen molar-refractivity contribution in [1.82, 2.24) is 9.97 Å². The number of amides is 1. The average molecular weight is 325 g/mol. The lowest BCUT2D eigenvalue weighted by Gasteiger charge is -2.16. The molecule has 0 unspecified atom stereocenters. The largest absolute Gasteiger partial charge is 0.502 e. The third kappa shape index (κ3) is 2.96. The number of fused-ring (bicyclic) bond motifs is 1. The van der Waals surface area contributed by atoms with Crippen molar-refractivity contribution in [3.8, 4) is 5.75 Å². The number of primary amides is 1. The van der Waals surface area contributed by atoms with Crippen LogP contribution in [0.15, 0.2) is 45.9 Å². The van der Waals surface area contributed by atoms with Gasteiger partial charge in [-0.05, 0) is 24.6 Å². The molecule has 0 aliphatic carbocycles. The highest BCUT2D eigenvalue weighted by Gasteiger charge is 2.25. The number of hydrogen-bond acceptors (Lipinski definition) is 6. The first-order chi connectivity index (χ1) is 11.5. The third-order valence-corrected chi connectivity index (χ3v) is 3.69. The monoisotopic (exact) mass is 325 g/mol. The van der Waals surface area contributed by atoms with E-state index in [4.69, 9.17) is 10.2 Å². The topological polar surface area (TPSA) is 119 Å². The number of aryl methyl sites for hydroxylation is 1. The zero-order chi connectivity index (χ0) is 17.3. The standard InChI is InChI=1S/C17H15N3O4/c1-9-6-14(21)16(23)17(24-9)11(8-15(18)22)10-2-3-12-13(7-10)20-5-4-19-12/h2-7,11,23H,8H2,1H3,(H2,18,22)/t11-/m0/s1. The smallest absolute Gasteiger partial charge is 0.227 e. The Labute approximate surface area is 136 Å². The van der Waals surface area contributed by atoms with Crippen molar-refractivity contribution < 1.29 is 14.3 Å². The molecule has 0 aliphatic rings. The van der Waals surface area contributed by atoms with E-state index in [0.717, 1.165) is 0 Å². The zero-order valence-corrected chi connectivity index (χ0v) is 12.9. The van der Waals surface area contributed by atoms with Gasteiger partial charge in [0.15, 0.2) is 5.76 Å². The average Bonchev–Trinajstić information content (AvgIpc) is 2.55. The van der Waals surface area contributed by atoms with Crippen LogP contribution in [0.5, 0.6) is 5.75 Å². The van der Waals surface area contributed by atoms with Gasteiger partial charge in [0.1, 0.15) is 5.76 Å². The SMILES string of the molecule is Cc1cc(=O)c(O)c([C@@H](CC(N)=O)c2ccc3nccnc3c2)o1. The molecule has 0 aliphatic heterocycles. The lowest BCUT2D eigenvalue weighted by Crippen LogP contribution is -2.18. The van der Waals surface area contributed by atoms with Gasteiger partial charge in [0.2, 0.25) is 17.1 Å². The lowest BCUT2D eigenvalue weighted by molar-refractivity contribution is -0.118. The highest BCUT2D eigenvalue weighted by Crippen LogP contribution is 2.33. The molecule has 3 N–H and O–H groups in total. The van der Waals surface area contributed by atoms with Crippen molar-refractivity contribution >= 4 is 16.9 Å². The van der Waals surface area contributed by atoms with E-state index in [9.17, 15) is 14.7 Å². The van der Waals surface area contributed by atoms with E-state index in [0.29, 0.717) is 22.4 Å². The molecule has 0 bridgehead atoms. The minimum atomic E-state index is -0.693. The molecule has 0 spiro atoms. The first-order valence-electron chi connectivity index (χ1n) is 7.28. The van der Waals surface area contributed by atoms with Crippen LogP contribution < -0.4 is 11.2 Å². The highest BCUT2D eigenvalue weighted by molar-refractivity contribution is 5.77. The Balaban J connectivity index is 2.19. The van der Waals surface area contributed by atoms with Crippen LogP contribution in [0.2, 0.25) is 0 Å². The second-order valence-corrected chi connectivity index (χ2v) is 5.46. The molecule has 0 saturated heterocycles. The Kier molecular flexibility index (Phi) is 3.99. The molecule has 7 heteroatoms. The molecule has 0 fully saturated rings. The first kappa shape index (κ1) is 15.7. The van der Waals surface area contributed by atoms with Gasteiger partial charge in [-0.2, -0.15) is 0 Å². The van der Waals surface area contributed by atoms with Crippen LogP contribution in [0.25, 0.3) is 11.0 Å². The van der Waals surface area contributed by atoms with Crippen LogP contribution in [0.4, 0.5) is 0 Å². The van der Waals surface area contributed by atoms with Gasteiger partial charge in [0.05, 0.1) is 17.0 Å². The summed E-state index contributed by atoms with van der Waals surface area (Å²) in [6.07, 6.45) is 3.01. The van der Waals surface area contributed by atoms with Gasteiger partial charge in [-0.25, -0.2) is 0 Å².